The Morgan fingerprint density at radius 1 is 1.19 bits per heavy atom. The number of carbonyl (C=O) groups is 1. The molecule has 1 aromatic rings. The second-order valence-electron chi connectivity index (χ2n) is 5.60. The van der Waals surface area contributed by atoms with Crippen molar-refractivity contribution in [3.8, 4) is 0 Å². The van der Waals surface area contributed by atoms with E-state index >= 15 is 0 Å². The summed E-state index contributed by atoms with van der Waals surface area (Å²) >= 11 is 12.1. The van der Waals surface area contributed by atoms with E-state index in [0.717, 1.165) is 39.3 Å². The van der Waals surface area contributed by atoms with E-state index in [-0.39, 0.29) is 5.91 Å². The highest BCUT2D eigenvalue weighted by molar-refractivity contribution is 6.35. The van der Waals surface area contributed by atoms with Crippen LogP contribution in [0, 0.1) is 0 Å². The Hall–Kier alpha value is -0.810. The van der Waals surface area contributed by atoms with E-state index < -0.39 is 0 Å². The van der Waals surface area contributed by atoms with Gasteiger partial charge in [-0.05, 0) is 31.2 Å². The molecule has 0 aliphatic carbocycles. The van der Waals surface area contributed by atoms with Gasteiger partial charge in [-0.3, -0.25) is 9.69 Å². The highest BCUT2D eigenvalue weighted by Crippen LogP contribution is 2.23. The fraction of sp³-hybridized carbons (Fsp3) is 0.533. The molecular formula is C15H19Cl2N3O. The monoisotopic (exact) mass is 327 g/mol. The predicted octanol–water partition coefficient (Wildman–Crippen LogP) is 2.11. The molecule has 0 radical (unpaired) electrons. The van der Waals surface area contributed by atoms with E-state index in [9.17, 15) is 4.79 Å². The summed E-state index contributed by atoms with van der Waals surface area (Å²) in [4.78, 5) is 16.9. The van der Waals surface area contributed by atoms with Gasteiger partial charge in [0.2, 0.25) is 0 Å². The van der Waals surface area contributed by atoms with Crippen molar-refractivity contribution in [3.05, 3.63) is 33.8 Å². The summed E-state index contributed by atoms with van der Waals surface area (Å²) in [6.07, 6.45) is 1.20. The number of hydrogen-bond acceptors (Lipinski definition) is 3. The first-order chi connectivity index (χ1) is 10.1. The average Bonchev–Trinajstić information content (AvgIpc) is 3.03. The van der Waals surface area contributed by atoms with Crippen LogP contribution in [0.1, 0.15) is 16.8 Å². The molecule has 2 aliphatic heterocycles. The van der Waals surface area contributed by atoms with E-state index in [2.05, 4.69) is 10.2 Å². The van der Waals surface area contributed by atoms with Gasteiger partial charge in [0.15, 0.2) is 0 Å². The molecule has 3 rings (SSSR count). The number of amides is 1. The first kappa shape index (κ1) is 15.1. The molecular weight excluding hydrogens is 309 g/mol. The minimum absolute atomic E-state index is 0.0216. The zero-order valence-corrected chi connectivity index (χ0v) is 13.3. The molecule has 0 bridgehead atoms. The summed E-state index contributed by atoms with van der Waals surface area (Å²) in [5, 5.41) is 4.39. The maximum absolute atomic E-state index is 12.6. The predicted molar refractivity (Wildman–Crippen MR) is 85.2 cm³/mol. The molecule has 0 spiro atoms. The number of benzene rings is 1. The van der Waals surface area contributed by atoms with Crippen molar-refractivity contribution in [1.29, 1.82) is 0 Å². The van der Waals surface area contributed by atoms with Crippen molar-refractivity contribution in [1.82, 2.24) is 15.1 Å². The van der Waals surface area contributed by atoms with Crippen LogP contribution in [0.5, 0.6) is 0 Å². The van der Waals surface area contributed by atoms with E-state index in [0.29, 0.717) is 21.7 Å². The van der Waals surface area contributed by atoms with Gasteiger partial charge in [0.25, 0.3) is 5.91 Å². The third kappa shape index (κ3) is 3.34. The van der Waals surface area contributed by atoms with Crippen LogP contribution in [0.15, 0.2) is 18.2 Å². The summed E-state index contributed by atoms with van der Waals surface area (Å²) in [5.74, 6) is -0.0216. The Morgan fingerprint density at radius 3 is 2.62 bits per heavy atom. The number of carbonyl (C=O) groups excluding carboxylic acids is 1. The van der Waals surface area contributed by atoms with Crippen molar-refractivity contribution in [2.45, 2.75) is 12.5 Å². The van der Waals surface area contributed by atoms with E-state index in [4.69, 9.17) is 23.2 Å². The molecule has 114 valence electrons. The zero-order valence-electron chi connectivity index (χ0n) is 11.8. The smallest absolute Gasteiger partial charge is 0.255 e. The van der Waals surface area contributed by atoms with Gasteiger partial charge < -0.3 is 10.2 Å². The molecule has 21 heavy (non-hydrogen) atoms. The standard InChI is InChI=1S/C15H19Cl2N3O/c16-11-1-2-14(17)13(9-11)15(21)20-7-5-19(6-8-20)12-3-4-18-10-12/h1-2,9,12,18H,3-8,10H2. The molecule has 2 aliphatic rings. The van der Waals surface area contributed by atoms with Gasteiger partial charge >= 0.3 is 0 Å². The molecule has 1 atom stereocenters. The Labute approximate surface area is 135 Å². The summed E-state index contributed by atoms with van der Waals surface area (Å²) in [6, 6.07) is 5.65. The molecule has 0 saturated carbocycles. The third-order valence-electron chi connectivity index (χ3n) is 4.31. The first-order valence-corrected chi connectivity index (χ1v) is 8.10. The lowest BCUT2D eigenvalue weighted by Crippen LogP contribution is -2.52. The van der Waals surface area contributed by atoms with Gasteiger partial charge in [-0.2, -0.15) is 0 Å². The Balaban J connectivity index is 1.63. The maximum atomic E-state index is 12.6. The lowest BCUT2D eigenvalue weighted by atomic mass is 10.1. The largest absolute Gasteiger partial charge is 0.336 e. The SMILES string of the molecule is O=C(c1cc(Cl)ccc1Cl)N1CCN(C2CCNC2)CC1. The Morgan fingerprint density at radius 2 is 1.95 bits per heavy atom. The Kier molecular flexibility index (Phi) is 4.69. The van der Waals surface area contributed by atoms with Gasteiger partial charge in [-0.15, -0.1) is 0 Å². The number of piperazine rings is 1. The second kappa shape index (κ2) is 6.53. The van der Waals surface area contributed by atoms with Crippen LogP contribution in [-0.2, 0) is 0 Å². The molecule has 1 aromatic carbocycles. The van der Waals surface area contributed by atoms with E-state index in [1.54, 1.807) is 18.2 Å². The molecule has 0 aromatic heterocycles. The number of hydrogen-bond donors (Lipinski definition) is 1. The lowest BCUT2D eigenvalue weighted by Gasteiger charge is -2.37. The number of nitrogens with one attached hydrogen (secondary N) is 1. The second-order valence-corrected chi connectivity index (χ2v) is 6.44. The topological polar surface area (TPSA) is 35.6 Å². The molecule has 6 heteroatoms. The lowest BCUT2D eigenvalue weighted by molar-refractivity contribution is 0.0584. The van der Waals surface area contributed by atoms with Gasteiger partial charge in [-0.25, -0.2) is 0 Å². The van der Waals surface area contributed by atoms with Crippen LogP contribution in [-0.4, -0.2) is 61.0 Å². The van der Waals surface area contributed by atoms with Crippen LogP contribution >= 0.6 is 23.2 Å². The van der Waals surface area contributed by atoms with Gasteiger partial charge in [0.1, 0.15) is 0 Å². The van der Waals surface area contributed by atoms with Crippen molar-refractivity contribution in [3.63, 3.8) is 0 Å². The van der Waals surface area contributed by atoms with Crippen LogP contribution in [0.25, 0.3) is 0 Å². The fourth-order valence-electron chi connectivity index (χ4n) is 3.07. The maximum Gasteiger partial charge on any atom is 0.255 e. The van der Waals surface area contributed by atoms with Crippen LogP contribution in [0.3, 0.4) is 0 Å². The fourth-order valence-corrected chi connectivity index (χ4v) is 3.44. The quantitative estimate of drug-likeness (QED) is 0.903. The first-order valence-electron chi connectivity index (χ1n) is 7.34. The highest BCUT2D eigenvalue weighted by Gasteiger charge is 2.28. The number of halogens is 2. The van der Waals surface area contributed by atoms with Gasteiger partial charge in [-0.1, -0.05) is 23.2 Å². The van der Waals surface area contributed by atoms with Gasteiger partial charge in [0.05, 0.1) is 10.6 Å². The van der Waals surface area contributed by atoms with E-state index in [1.165, 1.54) is 6.42 Å². The van der Waals surface area contributed by atoms with E-state index in [1.807, 2.05) is 4.90 Å². The van der Waals surface area contributed by atoms with Crippen molar-refractivity contribution >= 4 is 29.1 Å². The van der Waals surface area contributed by atoms with Crippen molar-refractivity contribution < 1.29 is 4.79 Å². The minimum atomic E-state index is -0.0216. The van der Waals surface area contributed by atoms with Crippen LogP contribution < -0.4 is 5.32 Å². The molecule has 2 saturated heterocycles. The van der Waals surface area contributed by atoms with Crippen LogP contribution in [0.2, 0.25) is 10.0 Å². The van der Waals surface area contributed by atoms with Crippen molar-refractivity contribution in [2.24, 2.45) is 0 Å². The number of rotatable bonds is 2. The summed E-state index contributed by atoms with van der Waals surface area (Å²) in [5.41, 5.74) is 0.500. The average molecular weight is 328 g/mol. The normalized spacial score (nSPS) is 23.5. The summed E-state index contributed by atoms with van der Waals surface area (Å²) < 4.78 is 0. The zero-order chi connectivity index (χ0) is 14.8. The van der Waals surface area contributed by atoms with Crippen molar-refractivity contribution in [2.75, 3.05) is 39.3 Å². The molecule has 1 N–H and O–H groups in total. The summed E-state index contributed by atoms with van der Waals surface area (Å²) in [7, 11) is 0. The molecule has 1 amide bonds. The van der Waals surface area contributed by atoms with Gasteiger partial charge in [0, 0.05) is 43.8 Å². The third-order valence-corrected chi connectivity index (χ3v) is 4.88. The molecule has 2 fully saturated rings. The molecule has 1 unspecified atom stereocenters. The Bertz CT molecular complexity index is 524. The molecule has 4 nitrogen and oxygen atoms in total. The van der Waals surface area contributed by atoms with Crippen LogP contribution in [0.4, 0.5) is 0 Å². The summed E-state index contributed by atoms with van der Waals surface area (Å²) in [6.45, 7) is 5.51. The molecule has 2 heterocycles. The highest BCUT2D eigenvalue weighted by atomic mass is 35.5. The minimum Gasteiger partial charge on any atom is -0.336 e. The number of nitrogens with zero attached hydrogens (tertiary/aromatic N) is 2.